The third-order valence-electron chi connectivity index (χ3n) is 17.0. The quantitative estimate of drug-likeness (QED) is 0.0237. The van der Waals surface area contributed by atoms with Crippen molar-refractivity contribution in [3.05, 3.63) is 299 Å². The predicted molar refractivity (Wildman–Crippen MR) is 411 cm³/mol. The van der Waals surface area contributed by atoms with Crippen LogP contribution >= 0.6 is 0 Å². The van der Waals surface area contributed by atoms with Crippen molar-refractivity contribution in [2.24, 2.45) is 0 Å². The number of aromatic hydroxyl groups is 2. The minimum Gasteiger partial charge on any atom is -0.492 e. The van der Waals surface area contributed by atoms with Gasteiger partial charge < -0.3 is 87.8 Å². The minimum atomic E-state index is -1.23. The number of amides is 3. The highest BCUT2D eigenvalue weighted by molar-refractivity contribution is 5.85. The van der Waals surface area contributed by atoms with Crippen LogP contribution in [-0.4, -0.2) is 160 Å². The molecule has 1 heterocycles. The van der Waals surface area contributed by atoms with Crippen LogP contribution in [0.4, 0.5) is 0 Å². The van der Waals surface area contributed by atoms with Gasteiger partial charge in [-0.3, -0.25) is 14.4 Å². The summed E-state index contributed by atoms with van der Waals surface area (Å²) in [5.74, 6) is -4.05. The normalized spacial score (nSPS) is 11.6. The van der Waals surface area contributed by atoms with E-state index in [0.717, 1.165) is 56.6 Å². The highest BCUT2D eigenvalue weighted by Crippen LogP contribution is 2.20. The van der Waals surface area contributed by atoms with Gasteiger partial charge in [-0.2, -0.15) is 0 Å². The summed E-state index contributed by atoms with van der Waals surface area (Å²) in [6.07, 6.45) is -4.56. The average molecular weight is 1510 g/mol. The second-order valence-corrected chi connectivity index (χ2v) is 26.3. The van der Waals surface area contributed by atoms with Crippen molar-refractivity contribution >= 4 is 23.7 Å². The molecule has 110 heavy (non-hydrogen) atoms. The van der Waals surface area contributed by atoms with E-state index in [1.165, 1.54) is 0 Å². The largest absolute Gasteiger partial charge is 0.492 e. The van der Waals surface area contributed by atoms with Crippen LogP contribution in [0.1, 0.15) is 70.2 Å². The van der Waals surface area contributed by atoms with Crippen LogP contribution in [0, 0.1) is 0 Å². The monoisotopic (exact) mass is 1510 g/mol. The first-order valence-corrected chi connectivity index (χ1v) is 37.1. The van der Waals surface area contributed by atoms with E-state index in [1.807, 2.05) is 243 Å². The first kappa shape index (κ1) is 84.1. The molecule has 0 bridgehead atoms. The van der Waals surface area contributed by atoms with Gasteiger partial charge in [-0.15, -0.1) is 4.73 Å². The van der Waals surface area contributed by atoms with Gasteiger partial charge >= 0.3 is 5.97 Å². The van der Waals surface area contributed by atoms with E-state index in [1.54, 1.807) is 0 Å². The van der Waals surface area contributed by atoms with Crippen molar-refractivity contribution < 1.29 is 91.1 Å². The Morgan fingerprint density at radius 1 is 0.264 bits per heavy atom. The van der Waals surface area contributed by atoms with Crippen molar-refractivity contribution in [1.82, 2.24) is 20.7 Å². The molecule has 9 rings (SSSR count). The number of hydrogen-bond donors (Lipinski definition) is 5. The summed E-state index contributed by atoms with van der Waals surface area (Å²) in [6, 6.07) is 77.0. The first-order chi connectivity index (χ1) is 54.0. The van der Waals surface area contributed by atoms with Gasteiger partial charge in [-0.1, -0.05) is 243 Å². The summed E-state index contributed by atoms with van der Waals surface area (Å²) in [5, 5.41) is 29.4. The van der Waals surface area contributed by atoms with Crippen molar-refractivity contribution in [2.45, 2.75) is 121 Å². The Morgan fingerprint density at radius 3 is 0.691 bits per heavy atom. The van der Waals surface area contributed by atoms with Gasteiger partial charge in [0.15, 0.2) is 0 Å². The van der Waals surface area contributed by atoms with Crippen LogP contribution in [0.2, 0.25) is 0 Å². The number of nitrogens with zero attached hydrogens (tertiary/aromatic N) is 1. The molecule has 8 aromatic carbocycles. The molecule has 0 saturated carbocycles. The molecular weight excluding hydrogens is 1400 g/mol. The maximum absolute atomic E-state index is 15.0. The van der Waals surface area contributed by atoms with E-state index in [4.69, 9.17) is 61.7 Å². The highest BCUT2D eigenvalue weighted by Gasteiger charge is 2.28. The summed E-state index contributed by atoms with van der Waals surface area (Å²) >= 11 is 0. The first-order valence-electron chi connectivity index (χ1n) is 37.1. The fourth-order valence-electron chi connectivity index (χ4n) is 11.3. The molecule has 0 saturated heterocycles. The molecule has 0 aliphatic carbocycles. The number of aromatic nitrogens is 1. The Kier molecular flexibility index (Phi) is 38.2. The van der Waals surface area contributed by atoms with Crippen LogP contribution < -0.4 is 20.8 Å². The molecule has 0 aliphatic rings. The van der Waals surface area contributed by atoms with Gasteiger partial charge in [0.1, 0.15) is 24.4 Å². The van der Waals surface area contributed by atoms with E-state index >= 15 is 9.59 Å². The van der Waals surface area contributed by atoms with Gasteiger partial charge in [0.25, 0.3) is 0 Å². The summed E-state index contributed by atoms with van der Waals surface area (Å²) in [7, 11) is 0. The fourth-order valence-corrected chi connectivity index (χ4v) is 11.3. The molecular formula is C87H102N4O19. The zero-order valence-electron chi connectivity index (χ0n) is 62.0. The van der Waals surface area contributed by atoms with Crippen molar-refractivity contribution in [3.8, 4) is 11.8 Å². The lowest BCUT2D eigenvalue weighted by Crippen LogP contribution is -2.49. The molecule has 0 fully saturated rings. The molecule has 23 nitrogen and oxygen atoms in total. The summed E-state index contributed by atoms with van der Waals surface area (Å²) in [5.41, 5.74) is 7.65. The molecule has 584 valence electrons. The van der Waals surface area contributed by atoms with E-state index < -0.39 is 104 Å². The Hall–Kier alpha value is -9.96. The van der Waals surface area contributed by atoms with E-state index in [0.29, 0.717) is 57.6 Å². The highest BCUT2D eigenvalue weighted by atomic mass is 16.7. The Morgan fingerprint density at radius 2 is 0.473 bits per heavy atom. The van der Waals surface area contributed by atoms with Gasteiger partial charge in [-0.05, 0) is 44.5 Å². The lowest BCUT2D eigenvalue weighted by Gasteiger charge is -2.27. The summed E-state index contributed by atoms with van der Waals surface area (Å²) in [4.78, 5) is 62.5. The van der Waals surface area contributed by atoms with E-state index in [9.17, 15) is 19.8 Å². The maximum Gasteiger partial charge on any atom is 0.333 e. The van der Waals surface area contributed by atoms with E-state index in [-0.39, 0.29) is 79.3 Å². The van der Waals surface area contributed by atoms with Crippen LogP contribution in [-0.2, 0) is 129 Å². The lowest BCUT2D eigenvalue weighted by atomic mass is 10.1. The number of hydrogen-bond acceptors (Lipinski definition) is 19. The van der Waals surface area contributed by atoms with Gasteiger partial charge in [-0.25, -0.2) is 4.79 Å². The predicted octanol–water partition coefficient (Wildman–Crippen LogP) is 11.1. The fraction of sp³-hybridized carbons (Fsp3) is 0.356. The smallest absolute Gasteiger partial charge is 0.333 e. The molecule has 3 amide bonds. The summed E-state index contributed by atoms with van der Waals surface area (Å²) in [6.45, 7) is 2.79. The topological polar surface area (TPSA) is 270 Å². The van der Waals surface area contributed by atoms with Crippen LogP contribution in [0.15, 0.2) is 255 Å². The average Bonchev–Trinajstić information content (AvgIpc) is 1.72. The number of benzene rings is 8. The number of nitrogens with one attached hydrogen (secondary N) is 3. The number of ether oxygens (including phenoxy) is 12. The van der Waals surface area contributed by atoms with Gasteiger partial charge in [0, 0.05) is 37.4 Å². The molecule has 23 heteroatoms. The van der Waals surface area contributed by atoms with E-state index in [2.05, 4.69) is 16.0 Å². The maximum atomic E-state index is 15.0. The second kappa shape index (κ2) is 50.0. The molecule has 9 aromatic rings. The standard InChI is InChI=1S/C87H102N4O19/c92-82(41-44-87(97)110-91-85(95)42-43-86(91)96)88-75(45-83(93)89-76(55-106-78(59-98-47-67-25-9-1-10-26-67)60-99-48-68-27-11-2-12-28-68)56-107-79(61-100-49-69-29-13-3-14-30-69)62-101-50-70-31-15-4-16-32-70)46-84(94)90-77(57-108-80(63-102-51-71-33-17-5-18-34-71)64-103-52-72-35-19-6-20-36-72)58-109-81(65-104-53-73-37-21-7-22-38-73)66-105-54-74-39-23-8-24-40-74/h1-40,42-43,75-81,95-96H,41,44-66H2,(H,88,92)(H,89,93)(H,90,94). The zero-order chi connectivity index (χ0) is 76.7. The second-order valence-electron chi connectivity index (χ2n) is 26.3. The third kappa shape index (κ3) is 34.3. The van der Waals surface area contributed by atoms with Gasteiger partial charge in [0.05, 0.1) is 151 Å². The number of carbonyl (C=O) groups is 4. The lowest BCUT2D eigenvalue weighted by molar-refractivity contribution is -0.146. The van der Waals surface area contributed by atoms with Crippen molar-refractivity contribution in [3.63, 3.8) is 0 Å². The Balaban J connectivity index is 0.959. The SMILES string of the molecule is O=C(CC(CC(=O)NC(COC(COCc1ccccc1)COCc1ccccc1)COC(COCc1ccccc1)COCc1ccccc1)NC(=O)CCC(=O)On1c(O)ccc1O)NC(COC(COCc1ccccc1)COCc1ccccc1)COC(COCc1ccccc1)COCc1ccccc1. The van der Waals surface area contributed by atoms with Crippen molar-refractivity contribution in [2.75, 3.05) is 79.3 Å². The zero-order valence-corrected chi connectivity index (χ0v) is 62.0. The van der Waals surface area contributed by atoms with Crippen LogP contribution in [0.25, 0.3) is 0 Å². The molecule has 0 aliphatic heterocycles. The molecule has 0 spiro atoms. The summed E-state index contributed by atoms with van der Waals surface area (Å²) < 4.78 is 77.0. The van der Waals surface area contributed by atoms with Crippen LogP contribution in [0.3, 0.4) is 0 Å². The molecule has 5 N–H and O–H groups in total. The molecule has 0 radical (unpaired) electrons. The molecule has 0 atom stereocenters. The number of rotatable bonds is 55. The number of carbonyl (C=O) groups excluding carboxylic acids is 4. The molecule has 1 aromatic heterocycles. The Bertz CT molecular complexity index is 3340. The van der Waals surface area contributed by atoms with Crippen molar-refractivity contribution in [1.29, 1.82) is 0 Å². The third-order valence-corrected chi connectivity index (χ3v) is 17.0. The molecule has 0 unspecified atom stereocenters. The Labute approximate surface area is 643 Å². The van der Waals surface area contributed by atoms with Crippen LogP contribution in [0.5, 0.6) is 11.8 Å². The van der Waals surface area contributed by atoms with Gasteiger partial charge in [0.2, 0.25) is 29.5 Å². The minimum absolute atomic E-state index is 0.117.